The summed E-state index contributed by atoms with van der Waals surface area (Å²) >= 11 is 1.31. The predicted octanol–water partition coefficient (Wildman–Crippen LogP) is 3.18. The van der Waals surface area contributed by atoms with Crippen molar-refractivity contribution in [1.82, 2.24) is 4.57 Å². The van der Waals surface area contributed by atoms with Crippen molar-refractivity contribution in [3.63, 3.8) is 0 Å². The average Bonchev–Trinajstić information content (AvgIpc) is 3.08. The number of rotatable bonds is 5. The van der Waals surface area contributed by atoms with Gasteiger partial charge in [-0.15, -0.1) is 11.3 Å². The SMILES string of the molecule is COc1ccccc1C(=O)N=c1sccn1CC(=O)c1ccccc1. The van der Waals surface area contributed by atoms with E-state index in [1.54, 1.807) is 52.5 Å². The molecule has 0 spiro atoms. The number of carbonyl (C=O) groups excluding carboxylic acids is 2. The molecule has 5 nitrogen and oxygen atoms in total. The Labute approximate surface area is 148 Å². The molecule has 0 N–H and O–H groups in total. The Kier molecular flexibility index (Phi) is 5.20. The Bertz CT molecular complexity index is 958. The van der Waals surface area contributed by atoms with Gasteiger partial charge in [-0.05, 0) is 12.1 Å². The number of Topliss-reactive ketones (excluding diaryl/α,β-unsaturated/α-hetero) is 1. The molecule has 3 rings (SSSR count). The Hall–Kier alpha value is -2.99. The first-order valence-corrected chi connectivity index (χ1v) is 8.51. The lowest BCUT2D eigenvalue weighted by Crippen LogP contribution is -2.21. The van der Waals surface area contributed by atoms with E-state index in [2.05, 4.69) is 4.99 Å². The molecule has 25 heavy (non-hydrogen) atoms. The van der Waals surface area contributed by atoms with E-state index in [1.807, 2.05) is 18.2 Å². The molecule has 1 amide bonds. The minimum Gasteiger partial charge on any atom is -0.496 e. The van der Waals surface area contributed by atoms with Crippen molar-refractivity contribution < 1.29 is 14.3 Å². The molecule has 0 unspecified atom stereocenters. The van der Waals surface area contributed by atoms with Gasteiger partial charge in [-0.3, -0.25) is 9.59 Å². The molecule has 3 aromatic rings. The van der Waals surface area contributed by atoms with E-state index in [0.717, 1.165) is 0 Å². The lowest BCUT2D eigenvalue weighted by molar-refractivity contribution is 0.0962. The maximum Gasteiger partial charge on any atom is 0.283 e. The van der Waals surface area contributed by atoms with Crippen molar-refractivity contribution in [2.75, 3.05) is 7.11 Å². The number of aromatic nitrogens is 1. The number of ketones is 1. The van der Waals surface area contributed by atoms with Crippen LogP contribution in [0.15, 0.2) is 71.2 Å². The third-order valence-electron chi connectivity index (χ3n) is 3.60. The van der Waals surface area contributed by atoms with Crippen LogP contribution < -0.4 is 9.54 Å². The number of benzene rings is 2. The van der Waals surface area contributed by atoms with Crippen LogP contribution >= 0.6 is 11.3 Å². The van der Waals surface area contributed by atoms with Crippen molar-refractivity contribution in [1.29, 1.82) is 0 Å². The molecule has 0 saturated carbocycles. The highest BCUT2D eigenvalue weighted by Gasteiger charge is 2.12. The third kappa shape index (κ3) is 3.92. The smallest absolute Gasteiger partial charge is 0.283 e. The molecule has 0 aliphatic carbocycles. The van der Waals surface area contributed by atoms with Gasteiger partial charge in [-0.1, -0.05) is 42.5 Å². The number of methoxy groups -OCH3 is 1. The molecule has 6 heteroatoms. The quantitative estimate of drug-likeness (QED) is 0.663. The Balaban J connectivity index is 1.87. The Morgan fingerprint density at radius 3 is 2.56 bits per heavy atom. The highest BCUT2D eigenvalue weighted by Crippen LogP contribution is 2.17. The van der Waals surface area contributed by atoms with Gasteiger partial charge in [0.25, 0.3) is 5.91 Å². The minimum absolute atomic E-state index is 0.0369. The van der Waals surface area contributed by atoms with Gasteiger partial charge in [0.1, 0.15) is 5.75 Å². The summed E-state index contributed by atoms with van der Waals surface area (Å²) in [7, 11) is 1.51. The van der Waals surface area contributed by atoms with E-state index in [0.29, 0.717) is 21.7 Å². The molecule has 2 aromatic carbocycles. The Morgan fingerprint density at radius 2 is 1.80 bits per heavy atom. The topological polar surface area (TPSA) is 60.7 Å². The fraction of sp³-hybridized carbons (Fsp3) is 0.105. The second-order valence-electron chi connectivity index (χ2n) is 5.22. The van der Waals surface area contributed by atoms with Gasteiger partial charge in [0.05, 0.1) is 19.2 Å². The maximum absolute atomic E-state index is 12.5. The number of thiazole rings is 1. The number of nitrogens with zero attached hydrogens (tertiary/aromatic N) is 2. The molecule has 0 radical (unpaired) electrons. The summed E-state index contributed by atoms with van der Waals surface area (Å²) in [6, 6.07) is 16.0. The molecule has 0 atom stereocenters. The summed E-state index contributed by atoms with van der Waals surface area (Å²) in [6.45, 7) is 0.131. The summed E-state index contributed by atoms with van der Waals surface area (Å²) < 4.78 is 6.87. The number of ether oxygens (including phenoxy) is 1. The molecular formula is C19H16N2O3S. The molecule has 126 valence electrons. The summed E-state index contributed by atoms with van der Waals surface area (Å²) in [5.41, 5.74) is 1.02. The van der Waals surface area contributed by atoms with Gasteiger partial charge < -0.3 is 9.30 Å². The molecule has 0 saturated heterocycles. The lowest BCUT2D eigenvalue weighted by atomic mass is 10.1. The van der Waals surface area contributed by atoms with Crippen LogP contribution in [0, 0.1) is 0 Å². The van der Waals surface area contributed by atoms with Crippen LogP contribution in [-0.2, 0) is 6.54 Å². The van der Waals surface area contributed by atoms with Crippen LogP contribution in [-0.4, -0.2) is 23.4 Å². The van der Waals surface area contributed by atoms with E-state index >= 15 is 0 Å². The molecule has 0 aliphatic heterocycles. The van der Waals surface area contributed by atoms with Crippen LogP contribution in [0.3, 0.4) is 0 Å². The first-order chi connectivity index (χ1) is 12.2. The van der Waals surface area contributed by atoms with Gasteiger partial charge in [-0.25, -0.2) is 0 Å². The van der Waals surface area contributed by atoms with Crippen molar-refractivity contribution in [2.24, 2.45) is 4.99 Å². The van der Waals surface area contributed by atoms with E-state index in [9.17, 15) is 9.59 Å². The highest BCUT2D eigenvalue weighted by atomic mass is 32.1. The third-order valence-corrected chi connectivity index (χ3v) is 4.40. The highest BCUT2D eigenvalue weighted by molar-refractivity contribution is 7.07. The zero-order chi connectivity index (χ0) is 17.6. The van der Waals surface area contributed by atoms with Gasteiger partial charge >= 0.3 is 0 Å². The summed E-state index contributed by atoms with van der Waals surface area (Å²) in [5, 5.41) is 1.80. The lowest BCUT2D eigenvalue weighted by Gasteiger charge is -2.05. The van der Waals surface area contributed by atoms with Crippen LogP contribution in [0.4, 0.5) is 0 Å². The maximum atomic E-state index is 12.5. The second-order valence-corrected chi connectivity index (χ2v) is 6.09. The summed E-state index contributed by atoms with van der Waals surface area (Å²) in [5.74, 6) is 0.0331. The fourth-order valence-electron chi connectivity index (χ4n) is 2.35. The van der Waals surface area contributed by atoms with Gasteiger partial charge in [0.15, 0.2) is 10.6 Å². The second kappa shape index (κ2) is 7.72. The zero-order valence-electron chi connectivity index (χ0n) is 13.6. The normalized spacial score (nSPS) is 11.3. The Morgan fingerprint density at radius 1 is 1.08 bits per heavy atom. The van der Waals surface area contributed by atoms with E-state index < -0.39 is 5.91 Å². The van der Waals surface area contributed by atoms with Crippen molar-refractivity contribution in [3.05, 3.63) is 82.1 Å². The van der Waals surface area contributed by atoms with Crippen molar-refractivity contribution in [2.45, 2.75) is 6.54 Å². The largest absolute Gasteiger partial charge is 0.496 e. The molecule has 1 aromatic heterocycles. The first-order valence-electron chi connectivity index (χ1n) is 7.63. The van der Waals surface area contributed by atoms with Crippen LogP contribution in [0.5, 0.6) is 5.75 Å². The van der Waals surface area contributed by atoms with Crippen LogP contribution in [0.2, 0.25) is 0 Å². The van der Waals surface area contributed by atoms with Gasteiger partial charge in [-0.2, -0.15) is 4.99 Å². The molecule has 0 bridgehead atoms. The molecular weight excluding hydrogens is 336 g/mol. The monoisotopic (exact) mass is 352 g/mol. The number of hydrogen-bond acceptors (Lipinski definition) is 4. The number of amides is 1. The van der Waals surface area contributed by atoms with Gasteiger partial charge in [0, 0.05) is 17.1 Å². The van der Waals surface area contributed by atoms with Crippen molar-refractivity contribution in [3.8, 4) is 5.75 Å². The number of para-hydroxylation sites is 1. The van der Waals surface area contributed by atoms with E-state index in [1.165, 1.54) is 18.4 Å². The fourth-order valence-corrected chi connectivity index (χ4v) is 3.07. The van der Waals surface area contributed by atoms with Crippen LogP contribution in [0.25, 0.3) is 0 Å². The molecule has 1 heterocycles. The molecule has 0 aliphatic rings. The van der Waals surface area contributed by atoms with Crippen molar-refractivity contribution >= 4 is 23.0 Å². The van der Waals surface area contributed by atoms with E-state index in [-0.39, 0.29) is 12.3 Å². The standard InChI is InChI=1S/C19H16N2O3S/c1-24-17-10-6-5-9-15(17)18(23)20-19-21(11-12-25-19)13-16(22)14-7-3-2-4-8-14/h2-12H,13H2,1H3. The van der Waals surface area contributed by atoms with E-state index in [4.69, 9.17) is 4.74 Å². The number of carbonyl (C=O) groups is 2. The van der Waals surface area contributed by atoms with Gasteiger partial charge in [0.2, 0.25) is 0 Å². The predicted molar refractivity (Wildman–Crippen MR) is 96.0 cm³/mol. The molecule has 0 fully saturated rings. The number of hydrogen-bond donors (Lipinski definition) is 0. The average molecular weight is 352 g/mol. The van der Waals surface area contributed by atoms with Crippen LogP contribution in [0.1, 0.15) is 20.7 Å². The zero-order valence-corrected chi connectivity index (χ0v) is 14.4. The summed E-state index contributed by atoms with van der Waals surface area (Å²) in [4.78, 5) is 29.4. The first kappa shape index (κ1) is 16.9. The summed E-state index contributed by atoms with van der Waals surface area (Å²) in [6.07, 6.45) is 1.75. The minimum atomic E-state index is -0.402.